The molecule has 5 heteroatoms. The van der Waals surface area contributed by atoms with Crippen LogP contribution >= 0.6 is 22.9 Å². The van der Waals surface area contributed by atoms with Gasteiger partial charge >= 0.3 is 0 Å². The Hall–Kier alpha value is -1.52. The lowest BCUT2D eigenvalue weighted by Crippen LogP contribution is -1.97. The van der Waals surface area contributed by atoms with Crippen molar-refractivity contribution >= 4 is 39.7 Å². The molecule has 0 aliphatic heterocycles. The molecule has 0 fully saturated rings. The number of nitrogen functional groups attached to an aromatic ring is 1. The number of rotatable bonds is 2. The average molecular weight is 278 g/mol. The molecule has 0 atom stereocenters. The third-order valence-electron chi connectivity index (χ3n) is 2.91. The van der Waals surface area contributed by atoms with Gasteiger partial charge in [0.25, 0.3) is 0 Å². The van der Waals surface area contributed by atoms with Crippen LogP contribution in [0.25, 0.3) is 21.7 Å². The summed E-state index contributed by atoms with van der Waals surface area (Å²) in [5.41, 5.74) is 8.59. The van der Waals surface area contributed by atoms with E-state index in [1.54, 1.807) is 11.3 Å². The van der Waals surface area contributed by atoms with Crippen LogP contribution in [0.15, 0.2) is 29.6 Å². The van der Waals surface area contributed by atoms with Crippen molar-refractivity contribution in [1.82, 2.24) is 9.55 Å². The van der Waals surface area contributed by atoms with Gasteiger partial charge in [-0.15, -0.1) is 11.3 Å². The first-order valence-corrected chi connectivity index (χ1v) is 6.95. The van der Waals surface area contributed by atoms with E-state index in [-0.39, 0.29) is 0 Å². The molecule has 0 aliphatic rings. The Morgan fingerprint density at radius 2 is 2.22 bits per heavy atom. The molecule has 92 valence electrons. The van der Waals surface area contributed by atoms with Gasteiger partial charge in [0.15, 0.2) is 5.82 Å². The van der Waals surface area contributed by atoms with E-state index in [1.165, 1.54) is 0 Å². The number of imidazole rings is 1. The predicted molar refractivity (Wildman–Crippen MR) is 78.1 cm³/mol. The van der Waals surface area contributed by atoms with Gasteiger partial charge in [0, 0.05) is 12.2 Å². The number of nitrogens with zero attached hydrogens (tertiary/aromatic N) is 2. The number of aryl methyl sites for hydroxylation is 1. The average Bonchev–Trinajstić information content (AvgIpc) is 2.91. The molecule has 0 amide bonds. The monoisotopic (exact) mass is 277 g/mol. The number of nitrogens with two attached hydrogens (primary N) is 1. The number of hydrogen-bond donors (Lipinski definition) is 1. The van der Waals surface area contributed by atoms with Crippen LogP contribution in [0.4, 0.5) is 5.69 Å². The minimum Gasteiger partial charge on any atom is -0.399 e. The molecule has 3 aromatic rings. The van der Waals surface area contributed by atoms with Gasteiger partial charge in [-0.25, -0.2) is 4.98 Å². The third kappa shape index (κ3) is 1.69. The quantitative estimate of drug-likeness (QED) is 0.719. The Labute approximate surface area is 114 Å². The van der Waals surface area contributed by atoms with Gasteiger partial charge in [0.05, 0.1) is 20.9 Å². The lowest BCUT2D eigenvalue weighted by molar-refractivity contribution is 0.798. The normalized spacial score (nSPS) is 11.2. The number of thiophene rings is 1. The van der Waals surface area contributed by atoms with Crippen LogP contribution in [0.1, 0.15) is 6.92 Å². The molecule has 1 aromatic carbocycles. The van der Waals surface area contributed by atoms with Crippen molar-refractivity contribution in [3.63, 3.8) is 0 Å². The van der Waals surface area contributed by atoms with E-state index in [0.717, 1.165) is 39.0 Å². The maximum absolute atomic E-state index is 6.19. The summed E-state index contributed by atoms with van der Waals surface area (Å²) in [6.07, 6.45) is 0. The molecule has 0 aliphatic carbocycles. The number of anilines is 1. The van der Waals surface area contributed by atoms with E-state index in [1.807, 2.05) is 29.6 Å². The minimum atomic E-state index is 0.748. The van der Waals surface area contributed by atoms with Gasteiger partial charge in [-0.05, 0) is 36.6 Å². The zero-order valence-corrected chi connectivity index (χ0v) is 11.4. The highest BCUT2D eigenvalue weighted by atomic mass is 35.5. The number of hydrogen-bond acceptors (Lipinski definition) is 3. The summed E-state index contributed by atoms with van der Waals surface area (Å²) >= 11 is 7.80. The molecule has 3 rings (SSSR count). The van der Waals surface area contributed by atoms with Crippen molar-refractivity contribution in [2.24, 2.45) is 0 Å². The molecular formula is C13H12ClN3S. The second kappa shape index (κ2) is 4.30. The Morgan fingerprint density at radius 1 is 1.39 bits per heavy atom. The van der Waals surface area contributed by atoms with Gasteiger partial charge in [-0.1, -0.05) is 11.6 Å². The van der Waals surface area contributed by atoms with Crippen LogP contribution in [0.5, 0.6) is 0 Å². The lowest BCUT2D eigenvalue weighted by atomic mass is 10.3. The smallest absolute Gasteiger partial charge is 0.152 e. The summed E-state index contributed by atoms with van der Waals surface area (Å²) in [5, 5.41) is 2.73. The second-order valence-electron chi connectivity index (χ2n) is 4.03. The molecule has 18 heavy (non-hydrogen) atoms. The standard InChI is InChI=1S/C13H12ClN3S/c1-2-17-11-7-8(15)3-4-10(11)16-13(17)12-9(14)5-6-18-12/h3-7H,2,15H2,1H3. The highest BCUT2D eigenvalue weighted by molar-refractivity contribution is 7.14. The van der Waals surface area contributed by atoms with E-state index in [4.69, 9.17) is 17.3 Å². The Bertz CT molecular complexity index is 714. The van der Waals surface area contributed by atoms with E-state index in [0.29, 0.717) is 0 Å². The van der Waals surface area contributed by atoms with Gasteiger partial charge in [-0.3, -0.25) is 0 Å². The molecule has 0 saturated heterocycles. The van der Waals surface area contributed by atoms with Crippen LogP contribution in [-0.2, 0) is 6.54 Å². The fraction of sp³-hybridized carbons (Fsp3) is 0.154. The van der Waals surface area contributed by atoms with E-state index >= 15 is 0 Å². The molecule has 3 nitrogen and oxygen atoms in total. The van der Waals surface area contributed by atoms with Crippen LogP contribution < -0.4 is 5.73 Å². The Morgan fingerprint density at radius 3 is 2.89 bits per heavy atom. The number of benzene rings is 1. The SMILES string of the molecule is CCn1c(-c2sccc2Cl)nc2ccc(N)cc21. The Kier molecular flexibility index (Phi) is 2.76. The van der Waals surface area contributed by atoms with Gasteiger partial charge in [0.1, 0.15) is 0 Å². The lowest BCUT2D eigenvalue weighted by Gasteiger charge is -2.04. The summed E-state index contributed by atoms with van der Waals surface area (Å²) in [6.45, 7) is 2.93. The summed E-state index contributed by atoms with van der Waals surface area (Å²) in [5.74, 6) is 0.915. The van der Waals surface area contributed by atoms with E-state index < -0.39 is 0 Å². The first-order valence-electron chi connectivity index (χ1n) is 5.70. The fourth-order valence-corrected chi connectivity index (χ4v) is 3.22. The molecule has 2 aromatic heterocycles. The van der Waals surface area contributed by atoms with Crippen molar-refractivity contribution < 1.29 is 0 Å². The third-order valence-corrected chi connectivity index (χ3v) is 4.25. The molecule has 0 saturated carbocycles. The zero-order chi connectivity index (χ0) is 12.7. The van der Waals surface area contributed by atoms with Crippen molar-refractivity contribution in [3.8, 4) is 10.7 Å². The highest BCUT2D eigenvalue weighted by Crippen LogP contribution is 2.34. The van der Waals surface area contributed by atoms with Crippen molar-refractivity contribution in [2.75, 3.05) is 5.73 Å². The first-order chi connectivity index (χ1) is 8.70. The van der Waals surface area contributed by atoms with E-state index in [9.17, 15) is 0 Å². The van der Waals surface area contributed by atoms with Crippen LogP contribution in [-0.4, -0.2) is 9.55 Å². The zero-order valence-electron chi connectivity index (χ0n) is 9.85. The molecular weight excluding hydrogens is 266 g/mol. The summed E-state index contributed by atoms with van der Waals surface area (Å²) in [6, 6.07) is 7.67. The Balaban J connectivity index is 2.33. The minimum absolute atomic E-state index is 0.748. The second-order valence-corrected chi connectivity index (χ2v) is 5.35. The van der Waals surface area contributed by atoms with Crippen LogP contribution in [0.3, 0.4) is 0 Å². The van der Waals surface area contributed by atoms with Gasteiger partial charge in [-0.2, -0.15) is 0 Å². The molecule has 2 N–H and O–H groups in total. The van der Waals surface area contributed by atoms with Crippen molar-refractivity contribution in [2.45, 2.75) is 13.5 Å². The van der Waals surface area contributed by atoms with Gasteiger partial charge in [0.2, 0.25) is 0 Å². The van der Waals surface area contributed by atoms with E-state index in [2.05, 4.69) is 16.5 Å². The van der Waals surface area contributed by atoms with Gasteiger partial charge < -0.3 is 10.3 Å². The summed E-state index contributed by atoms with van der Waals surface area (Å²) < 4.78 is 2.14. The first kappa shape index (κ1) is 11.6. The van der Waals surface area contributed by atoms with Crippen molar-refractivity contribution in [1.29, 1.82) is 0 Å². The highest BCUT2D eigenvalue weighted by Gasteiger charge is 2.15. The van der Waals surface area contributed by atoms with Crippen LogP contribution in [0.2, 0.25) is 5.02 Å². The largest absolute Gasteiger partial charge is 0.399 e. The van der Waals surface area contributed by atoms with Crippen molar-refractivity contribution in [3.05, 3.63) is 34.7 Å². The maximum atomic E-state index is 6.19. The molecule has 0 bridgehead atoms. The summed E-state index contributed by atoms with van der Waals surface area (Å²) in [4.78, 5) is 5.67. The molecule has 0 radical (unpaired) electrons. The predicted octanol–water partition coefficient (Wildman–Crippen LogP) is 4.02. The number of halogens is 1. The maximum Gasteiger partial charge on any atom is 0.152 e. The number of fused-ring (bicyclic) bond motifs is 1. The molecule has 0 spiro atoms. The van der Waals surface area contributed by atoms with Crippen LogP contribution in [0, 0.1) is 0 Å². The molecule has 2 heterocycles. The fourth-order valence-electron chi connectivity index (χ4n) is 2.09. The topological polar surface area (TPSA) is 43.8 Å². The molecule has 0 unspecified atom stereocenters. The number of aromatic nitrogens is 2. The summed E-state index contributed by atoms with van der Waals surface area (Å²) in [7, 11) is 0.